The van der Waals surface area contributed by atoms with Gasteiger partial charge in [0, 0.05) is 25.2 Å². The Morgan fingerprint density at radius 3 is 2.81 bits per heavy atom. The van der Waals surface area contributed by atoms with E-state index in [2.05, 4.69) is 5.32 Å². The van der Waals surface area contributed by atoms with Crippen LogP contribution in [-0.2, 0) is 9.53 Å². The lowest BCUT2D eigenvalue weighted by molar-refractivity contribution is -0.123. The summed E-state index contributed by atoms with van der Waals surface area (Å²) in [5.74, 6) is -0.591. The fourth-order valence-corrected chi connectivity index (χ4v) is 2.87. The first kappa shape index (κ1) is 14.4. The second-order valence-electron chi connectivity index (χ2n) is 5.98. The van der Waals surface area contributed by atoms with Crippen LogP contribution in [0.15, 0.2) is 18.2 Å². The van der Waals surface area contributed by atoms with E-state index in [0.717, 1.165) is 31.4 Å². The zero-order valence-electron chi connectivity index (χ0n) is 11.8. The van der Waals surface area contributed by atoms with Crippen LogP contribution >= 0.6 is 0 Å². The molecule has 0 aromatic heterocycles. The molecule has 0 spiro atoms. The van der Waals surface area contributed by atoms with Crippen LogP contribution < -0.4 is 5.32 Å². The highest BCUT2D eigenvalue weighted by molar-refractivity contribution is 5.76. The smallest absolute Gasteiger partial charge is 0.220 e. The van der Waals surface area contributed by atoms with E-state index in [1.165, 1.54) is 6.07 Å². The monoisotopic (exact) mass is 295 g/mol. The second-order valence-corrected chi connectivity index (χ2v) is 5.98. The number of amides is 1. The summed E-state index contributed by atoms with van der Waals surface area (Å²) in [6.45, 7) is 1.30. The summed E-state index contributed by atoms with van der Waals surface area (Å²) in [5.41, 5.74) is 0.258. The molecule has 0 bridgehead atoms. The van der Waals surface area contributed by atoms with Gasteiger partial charge in [0.1, 0.15) is 11.6 Å². The van der Waals surface area contributed by atoms with Gasteiger partial charge in [-0.25, -0.2) is 8.78 Å². The van der Waals surface area contributed by atoms with Crippen LogP contribution in [0.25, 0.3) is 0 Å². The molecule has 5 heteroatoms. The molecule has 1 amide bonds. The SMILES string of the molecule is O=C(C[C@H]1CCOC1)N[C@@H](c1cc(F)ccc1F)C1CC1. The molecule has 114 valence electrons. The number of nitrogens with one attached hydrogen (secondary N) is 1. The van der Waals surface area contributed by atoms with Crippen LogP contribution in [-0.4, -0.2) is 19.1 Å². The van der Waals surface area contributed by atoms with E-state index in [4.69, 9.17) is 4.74 Å². The Bertz CT molecular complexity index is 525. The first-order valence-corrected chi connectivity index (χ1v) is 7.45. The molecular formula is C16H19F2NO2. The molecule has 1 saturated heterocycles. The van der Waals surface area contributed by atoms with Crippen molar-refractivity contribution in [2.45, 2.75) is 31.7 Å². The van der Waals surface area contributed by atoms with E-state index < -0.39 is 17.7 Å². The number of rotatable bonds is 5. The molecule has 0 unspecified atom stereocenters. The summed E-state index contributed by atoms with van der Waals surface area (Å²) in [4.78, 5) is 12.1. The van der Waals surface area contributed by atoms with E-state index in [1.54, 1.807) is 0 Å². The maximum atomic E-state index is 13.9. The molecule has 3 nitrogen and oxygen atoms in total. The largest absolute Gasteiger partial charge is 0.381 e. The number of hydrogen-bond donors (Lipinski definition) is 1. The van der Waals surface area contributed by atoms with Crippen molar-refractivity contribution in [3.8, 4) is 0 Å². The van der Waals surface area contributed by atoms with Gasteiger partial charge in [-0.05, 0) is 49.3 Å². The third-order valence-electron chi connectivity index (χ3n) is 4.20. The molecule has 3 rings (SSSR count). The van der Waals surface area contributed by atoms with Crippen LogP contribution in [0.1, 0.15) is 37.3 Å². The molecule has 2 atom stereocenters. The topological polar surface area (TPSA) is 38.3 Å². The van der Waals surface area contributed by atoms with Gasteiger partial charge < -0.3 is 10.1 Å². The second kappa shape index (κ2) is 6.10. The Hall–Kier alpha value is -1.49. The normalized spacial score (nSPS) is 23.0. The highest BCUT2D eigenvalue weighted by atomic mass is 19.1. The van der Waals surface area contributed by atoms with Gasteiger partial charge in [-0.3, -0.25) is 4.79 Å². The van der Waals surface area contributed by atoms with Crippen LogP contribution in [0.3, 0.4) is 0 Å². The van der Waals surface area contributed by atoms with Crippen LogP contribution in [0.4, 0.5) is 8.78 Å². The van der Waals surface area contributed by atoms with E-state index in [9.17, 15) is 13.6 Å². The summed E-state index contributed by atoms with van der Waals surface area (Å²) in [5, 5.41) is 2.89. The highest BCUT2D eigenvalue weighted by Gasteiger charge is 2.35. The van der Waals surface area contributed by atoms with Crippen molar-refractivity contribution in [3.63, 3.8) is 0 Å². The quantitative estimate of drug-likeness (QED) is 0.907. The number of ether oxygens (including phenoxy) is 1. The standard InChI is InChI=1S/C16H19F2NO2/c17-12-3-4-14(18)13(8-12)16(11-1-2-11)19-15(20)7-10-5-6-21-9-10/h3-4,8,10-11,16H,1-2,5-7,9H2,(H,19,20)/t10-,16-/m1/s1. The number of benzene rings is 1. The Morgan fingerprint density at radius 1 is 1.33 bits per heavy atom. The average Bonchev–Trinajstić information content (AvgIpc) is 3.17. The molecular weight excluding hydrogens is 276 g/mol. The summed E-state index contributed by atoms with van der Waals surface area (Å²) in [6.07, 6.45) is 3.15. The predicted octanol–water partition coefficient (Wildman–Crippen LogP) is 2.96. The van der Waals surface area contributed by atoms with E-state index in [-0.39, 0.29) is 23.3 Å². The van der Waals surface area contributed by atoms with Gasteiger partial charge in [0.05, 0.1) is 6.04 Å². The Kier molecular flexibility index (Phi) is 4.19. The summed E-state index contributed by atoms with van der Waals surface area (Å²) in [7, 11) is 0. The van der Waals surface area contributed by atoms with Crippen LogP contribution in [0, 0.1) is 23.5 Å². The molecule has 1 aromatic carbocycles. The Balaban J connectivity index is 1.69. The molecule has 1 saturated carbocycles. The minimum Gasteiger partial charge on any atom is -0.381 e. The van der Waals surface area contributed by atoms with Gasteiger partial charge in [0.2, 0.25) is 5.91 Å². The van der Waals surface area contributed by atoms with Crippen molar-refractivity contribution in [3.05, 3.63) is 35.4 Å². The first-order chi connectivity index (χ1) is 10.1. The third kappa shape index (κ3) is 3.59. The lowest BCUT2D eigenvalue weighted by Crippen LogP contribution is -2.32. The zero-order chi connectivity index (χ0) is 14.8. The van der Waals surface area contributed by atoms with Crippen molar-refractivity contribution >= 4 is 5.91 Å². The lowest BCUT2D eigenvalue weighted by atomic mass is 9.99. The minimum atomic E-state index is -0.476. The summed E-state index contributed by atoms with van der Waals surface area (Å²) in [6, 6.07) is 2.99. The van der Waals surface area contributed by atoms with Gasteiger partial charge in [0.25, 0.3) is 0 Å². The fraction of sp³-hybridized carbons (Fsp3) is 0.562. The van der Waals surface area contributed by atoms with Gasteiger partial charge in [-0.15, -0.1) is 0 Å². The van der Waals surface area contributed by atoms with Crippen molar-refractivity contribution in [2.24, 2.45) is 11.8 Å². The van der Waals surface area contributed by atoms with Gasteiger partial charge >= 0.3 is 0 Å². The fourth-order valence-electron chi connectivity index (χ4n) is 2.87. The molecule has 1 aromatic rings. The number of hydrogen-bond acceptors (Lipinski definition) is 2. The number of halogens is 2. The highest BCUT2D eigenvalue weighted by Crippen LogP contribution is 2.42. The van der Waals surface area contributed by atoms with Crippen molar-refractivity contribution in [1.82, 2.24) is 5.32 Å². The van der Waals surface area contributed by atoms with Crippen molar-refractivity contribution in [2.75, 3.05) is 13.2 Å². The lowest BCUT2D eigenvalue weighted by Gasteiger charge is -2.20. The molecule has 0 radical (unpaired) electrons. The molecule has 21 heavy (non-hydrogen) atoms. The van der Waals surface area contributed by atoms with E-state index >= 15 is 0 Å². The number of carbonyl (C=O) groups excluding carboxylic acids is 1. The molecule has 1 N–H and O–H groups in total. The van der Waals surface area contributed by atoms with Gasteiger partial charge in [-0.2, -0.15) is 0 Å². The van der Waals surface area contributed by atoms with E-state index in [1.807, 2.05) is 0 Å². The zero-order valence-corrected chi connectivity index (χ0v) is 11.8. The first-order valence-electron chi connectivity index (χ1n) is 7.45. The van der Waals surface area contributed by atoms with Crippen molar-refractivity contribution in [1.29, 1.82) is 0 Å². The minimum absolute atomic E-state index is 0.105. The maximum absolute atomic E-state index is 13.9. The van der Waals surface area contributed by atoms with Crippen molar-refractivity contribution < 1.29 is 18.3 Å². The Morgan fingerprint density at radius 2 is 2.14 bits per heavy atom. The summed E-state index contributed by atoms with van der Waals surface area (Å²) >= 11 is 0. The third-order valence-corrected chi connectivity index (χ3v) is 4.20. The van der Waals surface area contributed by atoms with Gasteiger partial charge in [-0.1, -0.05) is 0 Å². The summed E-state index contributed by atoms with van der Waals surface area (Å²) < 4.78 is 32.5. The van der Waals surface area contributed by atoms with Crippen LogP contribution in [0.5, 0.6) is 0 Å². The van der Waals surface area contributed by atoms with Gasteiger partial charge in [0.15, 0.2) is 0 Å². The maximum Gasteiger partial charge on any atom is 0.220 e. The molecule has 1 aliphatic heterocycles. The van der Waals surface area contributed by atoms with E-state index in [0.29, 0.717) is 19.6 Å². The molecule has 2 fully saturated rings. The molecule has 2 aliphatic rings. The molecule has 1 heterocycles. The Labute approximate surface area is 122 Å². The number of carbonyl (C=O) groups is 1. The molecule has 1 aliphatic carbocycles. The van der Waals surface area contributed by atoms with Crippen LogP contribution in [0.2, 0.25) is 0 Å². The predicted molar refractivity (Wildman–Crippen MR) is 73.5 cm³/mol. The average molecular weight is 295 g/mol.